The third-order valence-electron chi connectivity index (χ3n) is 0.974. The average molecular weight is 201 g/mol. The van der Waals surface area contributed by atoms with Crippen LogP contribution in [0.15, 0.2) is 5.16 Å². The van der Waals surface area contributed by atoms with Gasteiger partial charge in [-0.25, -0.2) is 0 Å². The molecule has 0 bridgehead atoms. The minimum Gasteiger partial charge on any atom is -0.481 e. The zero-order valence-electron chi connectivity index (χ0n) is 6.47. The van der Waals surface area contributed by atoms with Crippen molar-refractivity contribution in [1.29, 1.82) is 0 Å². The van der Waals surface area contributed by atoms with E-state index in [0.717, 1.165) is 11.8 Å². The van der Waals surface area contributed by atoms with Gasteiger partial charge in [0.25, 0.3) is 0 Å². The van der Waals surface area contributed by atoms with Gasteiger partial charge in [0.15, 0.2) is 5.16 Å². The number of aromatic nitrogens is 3. The number of aliphatic carboxylic acids is 1. The van der Waals surface area contributed by atoms with Crippen molar-refractivity contribution in [2.45, 2.75) is 5.16 Å². The second kappa shape index (κ2) is 3.90. The molecule has 0 fully saturated rings. The molecule has 5 N–H and O–H groups in total. The zero-order chi connectivity index (χ0) is 9.84. The molecule has 1 rings (SSSR count). The topological polar surface area (TPSA) is 128 Å². The summed E-state index contributed by atoms with van der Waals surface area (Å²) < 4.78 is 0. The smallest absolute Gasteiger partial charge is 0.313 e. The highest BCUT2D eigenvalue weighted by molar-refractivity contribution is 7.99. The summed E-state index contributed by atoms with van der Waals surface area (Å²) in [5.41, 5.74) is 10.5. The van der Waals surface area contributed by atoms with E-state index in [2.05, 4.69) is 15.0 Å². The van der Waals surface area contributed by atoms with Gasteiger partial charge in [-0.2, -0.15) is 15.0 Å². The van der Waals surface area contributed by atoms with Crippen molar-refractivity contribution in [3.05, 3.63) is 0 Å². The Kier molecular flexibility index (Phi) is 2.85. The first kappa shape index (κ1) is 9.52. The second-order valence-corrected chi connectivity index (χ2v) is 2.96. The van der Waals surface area contributed by atoms with Crippen LogP contribution in [0.5, 0.6) is 0 Å². The summed E-state index contributed by atoms with van der Waals surface area (Å²) >= 11 is 0.935. The lowest BCUT2D eigenvalue weighted by Gasteiger charge is -1.98. The van der Waals surface area contributed by atoms with Gasteiger partial charge in [0.1, 0.15) is 0 Å². The van der Waals surface area contributed by atoms with Crippen molar-refractivity contribution < 1.29 is 9.90 Å². The van der Waals surface area contributed by atoms with Crippen molar-refractivity contribution >= 4 is 29.6 Å². The molecule has 0 atom stereocenters. The Morgan fingerprint density at radius 1 is 1.31 bits per heavy atom. The van der Waals surface area contributed by atoms with Gasteiger partial charge in [-0.3, -0.25) is 4.79 Å². The van der Waals surface area contributed by atoms with Gasteiger partial charge in [0.2, 0.25) is 11.9 Å². The molecule has 0 radical (unpaired) electrons. The van der Waals surface area contributed by atoms with Crippen LogP contribution >= 0.6 is 11.8 Å². The van der Waals surface area contributed by atoms with Crippen LogP contribution in [0.4, 0.5) is 11.9 Å². The van der Waals surface area contributed by atoms with Crippen LogP contribution in [0.2, 0.25) is 0 Å². The van der Waals surface area contributed by atoms with Gasteiger partial charge in [-0.1, -0.05) is 11.8 Å². The van der Waals surface area contributed by atoms with E-state index in [-0.39, 0.29) is 22.8 Å². The minimum absolute atomic E-state index is 0.0135. The molecule has 0 unspecified atom stereocenters. The Morgan fingerprint density at radius 2 is 1.85 bits per heavy atom. The van der Waals surface area contributed by atoms with Crippen molar-refractivity contribution in [1.82, 2.24) is 15.0 Å². The second-order valence-electron chi connectivity index (χ2n) is 2.02. The average Bonchev–Trinajstić information content (AvgIpc) is 1.99. The number of carboxylic acids is 1. The highest BCUT2D eigenvalue weighted by Gasteiger charge is 2.04. The van der Waals surface area contributed by atoms with Crippen molar-refractivity contribution in [3.8, 4) is 0 Å². The maximum Gasteiger partial charge on any atom is 0.313 e. The summed E-state index contributed by atoms with van der Waals surface area (Å²) in [6, 6.07) is 0. The van der Waals surface area contributed by atoms with E-state index in [1.54, 1.807) is 0 Å². The molecule has 0 aliphatic heterocycles. The number of nitrogens with two attached hydrogens (primary N) is 2. The van der Waals surface area contributed by atoms with Gasteiger partial charge >= 0.3 is 5.97 Å². The number of nitrogens with zero attached hydrogens (tertiary/aromatic N) is 3. The van der Waals surface area contributed by atoms with Crippen LogP contribution in [-0.2, 0) is 4.79 Å². The third kappa shape index (κ3) is 3.11. The molecule has 0 amide bonds. The Bertz CT molecular complexity index is 310. The van der Waals surface area contributed by atoms with Gasteiger partial charge in [-0.05, 0) is 0 Å². The van der Waals surface area contributed by atoms with Crippen molar-refractivity contribution in [2.75, 3.05) is 17.2 Å². The maximum atomic E-state index is 10.2. The summed E-state index contributed by atoms with van der Waals surface area (Å²) in [5, 5.41) is 8.57. The molecule has 7 nitrogen and oxygen atoms in total. The monoisotopic (exact) mass is 201 g/mol. The summed E-state index contributed by atoms with van der Waals surface area (Å²) in [6.07, 6.45) is 0. The highest BCUT2D eigenvalue weighted by Crippen LogP contribution is 2.13. The first-order valence-electron chi connectivity index (χ1n) is 3.19. The molecular weight excluding hydrogens is 194 g/mol. The van der Waals surface area contributed by atoms with Gasteiger partial charge in [0.05, 0.1) is 5.75 Å². The molecule has 1 aromatic rings. The normalized spacial score (nSPS) is 9.85. The molecule has 0 aromatic carbocycles. The lowest BCUT2D eigenvalue weighted by atomic mass is 10.8. The lowest BCUT2D eigenvalue weighted by Crippen LogP contribution is -2.05. The molecule has 1 aromatic heterocycles. The largest absolute Gasteiger partial charge is 0.481 e. The van der Waals surface area contributed by atoms with E-state index in [9.17, 15) is 4.79 Å². The standard InChI is InChI=1S/C5H7N5O2S/c6-3-8-4(7)10-5(9-3)13-1-2(11)12/h1H2,(H,11,12)(H4,6,7,8,9,10). The van der Waals surface area contributed by atoms with Crippen LogP contribution in [0.3, 0.4) is 0 Å². The SMILES string of the molecule is Nc1nc(N)nc(SCC(=O)O)n1. The number of hydrogen-bond acceptors (Lipinski definition) is 7. The van der Waals surface area contributed by atoms with E-state index in [1.165, 1.54) is 0 Å². The van der Waals surface area contributed by atoms with Crippen LogP contribution in [0.25, 0.3) is 0 Å². The lowest BCUT2D eigenvalue weighted by molar-refractivity contribution is -0.133. The summed E-state index contributed by atoms with van der Waals surface area (Å²) in [7, 11) is 0. The van der Waals surface area contributed by atoms with Gasteiger partial charge < -0.3 is 16.6 Å². The Morgan fingerprint density at radius 3 is 2.31 bits per heavy atom. The number of hydrogen-bond donors (Lipinski definition) is 3. The fraction of sp³-hybridized carbons (Fsp3) is 0.200. The molecule has 0 saturated heterocycles. The quantitative estimate of drug-likeness (QED) is 0.543. The fourth-order valence-electron chi connectivity index (χ4n) is 0.579. The highest BCUT2D eigenvalue weighted by atomic mass is 32.2. The van der Waals surface area contributed by atoms with E-state index in [4.69, 9.17) is 16.6 Å². The number of anilines is 2. The molecule has 13 heavy (non-hydrogen) atoms. The summed E-state index contributed by atoms with van der Waals surface area (Å²) in [6.45, 7) is 0. The van der Waals surface area contributed by atoms with Crippen LogP contribution in [0, 0.1) is 0 Å². The first-order chi connectivity index (χ1) is 6.08. The Balaban J connectivity index is 2.71. The van der Waals surface area contributed by atoms with E-state index in [1.807, 2.05) is 0 Å². The molecule has 0 spiro atoms. The van der Waals surface area contributed by atoms with Crippen LogP contribution in [-0.4, -0.2) is 31.8 Å². The van der Waals surface area contributed by atoms with Crippen LogP contribution < -0.4 is 11.5 Å². The number of carboxylic acid groups (broad SMARTS) is 1. The number of rotatable bonds is 3. The van der Waals surface area contributed by atoms with Crippen LogP contribution in [0.1, 0.15) is 0 Å². The van der Waals surface area contributed by atoms with Gasteiger partial charge in [-0.15, -0.1) is 0 Å². The first-order valence-corrected chi connectivity index (χ1v) is 4.18. The number of thioether (sulfide) groups is 1. The summed E-state index contributed by atoms with van der Waals surface area (Å²) in [4.78, 5) is 21.1. The molecule has 70 valence electrons. The van der Waals surface area contributed by atoms with Gasteiger partial charge in [0, 0.05) is 0 Å². The maximum absolute atomic E-state index is 10.2. The molecule has 0 aliphatic rings. The van der Waals surface area contributed by atoms with Crippen molar-refractivity contribution in [2.24, 2.45) is 0 Å². The zero-order valence-corrected chi connectivity index (χ0v) is 7.28. The third-order valence-corrected chi connectivity index (χ3v) is 1.81. The molecule has 1 heterocycles. The predicted molar refractivity (Wildman–Crippen MR) is 47.0 cm³/mol. The van der Waals surface area contributed by atoms with E-state index < -0.39 is 5.97 Å². The molecule has 8 heteroatoms. The molecule has 0 aliphatic carbocycles. The number of carbonyl (C=O) groups is 1. The summed E-state index contributed by atoms with van der Waals surface area (Å²) in [5.74, 6) is -1.12. The van der Waals surface area contributed by atoms with E-state index >= 15 is 0 Å². The molecular formula is C5H7N5O2S. The Hall–Kier alpha value is -1.57. The number of nitrogen functional groups attached to an aromatic ring is 2. The van der Waals surface area contributed by atoms with Crippen molar-refractivity contribution in [3.63, 3.8) is 0 Å². The Labute approximate surface area is 77.6 Å². The minimum atomic E-state index is -0.956. The predicted octanol–water partition coefficient (Wildman–Crippen LogP) is -0.787. The fourth-order valence-corrected chi connectivity index (χ4v) is 1.15. The van der Waals surface area contributed by atoms with E-state index in [0.29, 0.717) is 0 Å². The molecule has 0 saturated carbocycles.